The van der Waals surface area contributed by atoms with Crippen molar-refractivity contribution in [3.05, 3.63) is 40.9 Å². The van der Waals surface area contributed by atoms with E-state index < -0.39 is 0 Å². The van der Waals surface area contributed by atoms with Gasteiger partial charge < -0.3 is 11.1 Å². The molecule has 0 saturated carbocycles. The molecule has 0 unspecified atom stereocenters. The van der Waals surface area contributed by atoms with Gasteiger partial charge in [-0.2, -0.15) is 0 Å². The van der Waals surface area contributed by atoms with Crippen LogP contribution in [0, 0.1) is 0 Å². The van der Waals surface area contributed by atoms with Gasteiger partial charge in [-0.25, -0.2) is 0 Å². The molecule has 0 saturated heterocycles. The summed E-state index contributed by atoms with van der Waals surface area (Å²) in [7, 11) is 0. The largest absolute Gasteiger partial charge is 0.382 e. The van der Waals surface area contributed by atoms with Crippen LogP contribution in [0.15, 0.2) is 40.9 Å². The second kappa shape index (κ2) is 4.27. The molecule has 2 aromatic rings. The first kappa shape index (κ1) is 9.92. The minimum absolute atomic E-state index is 0.410. The first-order chi connectivity index (χ1) is 7.25. The summed E-state index contributed by atoms with van der Waals surface area (Å²) in [6.07, 6.45) is 0. The highest BCUT2D eigenvalue weighted by Crippen LogP contribution is 2.23. The van der Waals surface area contributed by atoms with Crippen molar-refractivity contribution in [1.29, 1.82) is 0 Å². The van der Waals surface area contributed by atoms with E-state index in [0.29, 0.717) is 11.6 Å². The van der Waals surface area contributed by atoms with Crippen molar-refractivity contribution >= 4 is 33.3 Å². The Labute approximate surface area is 95.7 Å². The number of anilines is 3. The third-order valence-electron chi connectivity index (χ3n) is 1.82. The molecule has 0 aliphatic rings. The fourth-order valence-electron chi connectivity index (χ4n) is 1.11. The molecule has 2 rings (SSSR count). The lowest BCUT2D eigenvalue weighted by molar-refractivity contribution is 1.05. The molecule has 1 aromatic heterocycles. The number of nitrogens with two attached hydrogens (primary N) is 1. The maximum Gasteiger partial charge on any atom is 0.153 e. The summed E-state index contributed by atoms with van der Waals surface area (Å²) in [5.41, 5.74) is 6.38. The van der Waals surface area contributed by atoms with E-state index in [1.165, 1.54) is 0 Å². The molecule has 5 heteroatoms. The molecular weight excluding hydrogens is 256 g/mol. The summed E-state index contributed by atoms with van der Waals surface area (Å²) in [5, 5.41) is 10.8. The van der Waals surface area contributed by atoms with Crippen LogP contribution in [-0.2, 0) is 0 Å². The molecule has 4 nitrogen and oxygen atoms in total. The van der Waals surface area contributed by atoms with Crippen molar-refractivity contribution in [2.45, 2.75) is 0 Å². The predicted molar refractivity (Wildman–Crippen MR) is 63.9 cm³/mol. The topological polar surface area (TPSA) is 63.8 Å². The number of para-hydroxylation sites is 1. The molecule has 0 amide bonds. The lowest BCUT2D eigenvalue weighted by Gasteiger charge is -2.06. The Morgan fingerprint density at radius 1 is 1.07 bits per heavy atom. The Morgan fingerprint density at radius 3 is 2.53 bits per heavy atom. The number of nitrogens with one attached hydrogen (secondary N) is 1. The van der Waals surface area contributed by atoms with Gasteiger partial charge in [0.15, 0.2) is 5.82 Å². The van der Waals surface area contributed by atoms with Crippen LogP contribution >= 0.6 is 15.9 Å². The van der Waals surface area contributed by atoms with Gasteiger partial charge in [0.1, 0.15) is 5.82 Å². The summed E-state index contributed by atoms with van der Waals surface area (Å²) < 4.78 is 0.976. The van der Waals surface area contributed by atoms with Gasteiger partial charge in [0, 0.05) is 4.47 Å². The van der Waals surface area contributed by atoms with Crippen molar-refractivity contribution in [2.75, 3.05) is 11.1 Å². The molecule has 0 atom stereocenters. The summed E-state index contributed by atoms with van der Waals surface area (Å²) in [5.74, 6) is 1.07. The molecule has 15 heavy (non-hydrogen) atoms. The number of hydrogen-bond acceptors (Lipinski definition) is 4. The highest BCUT2D eigenvalue weighted by atomic mass is 79.9. The van der Waals surface area contributed by atoms with Crippen LogP contribution in [0.5, 0.6) is 0 Å². The van der Waals surface area contributed by atoms with Crippen molar-refractivity contribution in [3.8, 4) is 0 Å². The van der Waals surface area contributed by atoms with Gasteiger partial charge in [0.25, 0.3) is 0 Å². The predicted octanol–water partition coefficient (Wildman–Crippen LogP) is 2.56. The Balaban J connectivity index is 2.22. The quantitative estimate of drug-likeness (QED) is 0.875. The fraction of sp³-hybridized carbons (Fsp3) is 0. The molecule has 0 fully saturated rings. The van der Waals surface area contributed by atoms with E-state index in [1.54, 1.807) is 12.1 Å². The minimum Gasteiger partial charge on any atom is -0.382 e. The van der Waals surface area contributed by atoms with Crippen molar-refractivity contribution in [1.82, 2.24) is 10.2 Å². The van der Waals surface area contributed by atoms with Crippen LogP contribution in [0.25, 0.3) is 0 Å². The summed E-state index contributed by atoms with van der Waals surface area (Å²) >= 11 is 3.43. The van der Waals surface area contributed by atoms with Crippen LogP contribution < -0.4 is 11.1 Å². The van der Waals surface area contributed by atoms with E-state index >= 15 is 0 Å². The van der Waals surface area contributed by atoms with Gasteiger partial charge in [-0.15, -0.1) is 10.2 Å². The maximum atomic E-state index is 5.44. The van der Waals surface area contributed by atoms with Crippen LogP contribution in [0.2, 0.25) is 0 Å². The van der Waals surface area contributed by atoms with E-state index in [1.807, 2.05) is 24.3 Å². The molecule has 76 valence electrons. The van der Waals surface area contributed by atoms with E-state index in [-0.39, 0.29) is 0 Å². The van der Waals surface area contributed by atoms with E-state index in [4.69, 9.17) is 5.73 Å². The number of aromatic nitrogens is 2. The van der Waals surface area contributed by atoms with Crippen molar-refractivity contribution in [3.63, 3.8) is 0 Å². The second-order valence-electron chi connectivity index (χ2n) is 2.95. The van der Waals surface area contributed by atoms with Crippen LogP contribution in [0.3, 0.4) is 0 Å². The normalized spacial score (nSPS) is 9.93. The molecule has 0 bridgehead atoms. The molecule has 1 aromatic carbocycles. The Hall–Kier alpha value is -1.62. The zero-order chi connectivity index (χ0) is 10.7. The summed E-state index contributed by atoms with van der Waals surface area (Å²) in [4.78, 5) is 0. The number of halogens is 1. The number of nitrogens with zero attached hydrogens (tertiary/aromatic N) is 2. The van der Waals surface area contributed by atoms with E-state index in [2.05, 4.69) is 31.4 Å². The molecule has 0 spiro atoms. The van der Waals surface area contributed by atoms with Crippen molar-refractivity contribution < 1.29 is 0 Å². The van der Waals surface area contributed by atoms with Crippen LogP contribution in [0.1, 0.15) is 0 Å². The average Bonchev–Trinajstić information content (AvgIpc) is 2.25. The van der Waals surface area contributed by atoms with Crippen molar-refractivity contribution in [2.24, 2.45) is 0 Å². The van der Waals surface area contributed by atoms with E-state index in [9.17, 15) is 0 Å². The third kappa shape index (κ3) is 2.44. The SMILES string of the molecule is Nc1ccc(Nc2ccccc2Br)nn1. The molecule has 0 aliphatic carbocycles. The zero-order valence-corrected chi connectivity index (χ0v) is 9.40. The van der Waals surface area contributed by atoms with Gasteiger partial charge in [0.05, 0.1) is 5.69 Å². The van der Waals surface area contributed by atoms with Gasteiger partial charge in [0.2, 0.25) is 0 Å². The Morgan fingerprint density at radius 2 is 1.87 bits per heavy atom. The number of benzene rings is 1. The first-order valence-corrected chi connectivity index (χ1v) is 5.16. The van der Waals surface area contributed by atoms with Gasteiger partial charge in [-0.3, -0.25) is 0 Å². The monoisotopic (exact) mass is 264 g/mol. The molecule has 0 radical (unpaired) electrons. The number of rotatable bonds is 2. The lowest BCUT2D eigenvalue weighted by Crippen LogP contribution is -1.98. The van der Waals surface area contributed by atoms with Crippen LogP contribution in [-0.4, -0.2) is 10.2 Å². The lowest BCUT2D eigenvalue weighted by atomic mass is 10.3. The minimum atomic E-state index is 0.410. The van der Waals surface area contributed by atoms with Crippen LogP contribution in [0.4, 0.5) is 17.3 Å². The van der Waals surface area contributed by atoms with E-state index in [0.717, 1.165) is 10.2 Å². The number of hydrogen-bond donors (Lipinski definition) is 2. The standard InChI is InChI=1S/C10H9BrN4/c11-7-3-1-2-4-8(7)13-10-6-5-9(12)14-15-10/h1-6H,(H2,12,14)(H,13,15). The Bertz CT molecular complexity index is 455. The van der Waals surface area contributed by atoms with Gasteiger partial charge in [-0.05, 0) is 40.2 Å². The first-order valence-electron chi connectivity index (χ1n) is 4.36. The summed E-state index contributed by atoms with van der Waals surface area (Å²) in [6, 6.07) is 11.3. The smallest absolute Gasteiger partial charge is 0.153 e. The molecule has 1 heterocycles. The fourth-order valence-corrected chi connectivity index (χ4v) is 1.49. The highest BCUT2D eigenvalue weighted by molar-refractivity contribution is 9.10. The second-order valence-corrected chi connectivity index (χ2v) is 3.80. The molecule has 3 N–H and O–H groups in total. The van der Waals surface area contributed by atoms with Gasteiger partial charge in [-0.1, -0.05) is 12.1 Å². The highest BCUT2D eigenvalue weighted by Gasteiger charge is 1.99. The third-order valence-corrected chi connectivity index (χ3v) is 2.51. The molecule has 0 aliphatic heterocycles. The Kier molecular flexibility index (Phi) is 2.82. The average molecular weight is 265 g/mol. The molecular formula is C10H9BrN4. The zero-order valence-electron chi connectivity index (χ0n) is 7.81. The number of nitrogen functional groups attached to an aromatic ring is 1. The maximum absolute atomic E-state index is 5.44. The summed E-state index contributed by atoms with van der Waals surface area (Å²) in [6.45, 7) is 0. The van der Waals surface area contributed by atoms with Gasteiger partial charge >= 0.3 is 0 Å².